The third-order valence-electron chi connectivity index (χ3n) is 2.10. The number of halogens is 3. The van der Waals surface area contributed by atoms with Crippen LogP contribution in [0.1, 0.15) is 29.6 Å². The smallest absolute Gasteiger partial charge is 0.376 e. The standard InChI is InChI=1S/C11H8BrF2NO3S/c1-2-17-11(16)8-7(9(13)14)15-10(18-8)5-3-4-6(12)19-5/h3-4,9H,2H2,1H3. The summed E-state index contributed by atoms with van der Waals surface area (Å²) in [7, 11) is 0. The highest BCUT2D eigenvalue weighted by Gasteiger charge is 2.28. The van der Waals surface area contributed by atoms with Gasteiger partial charge in [-0.15, -0.1) is 11.3 Å². The van der Waals surface area contributed by atoms with E-state index in [-0.39, 0.29) is 12.5 Å². The van der Waals surface area contributed by atoms with Crippen LogP contribution in [-0.4, -0.2) is 17.6 Å². The Morgan fingerprint density at radius 3 is 2.84 bits per heavy atom. The van der Waals surface area contributed by atoms with Crippen molar-refractivity contribution in [1.82, 2.24) is 4.98 Å². The maximum Gasteiger partial charge on any atom is 0.376 e. The lowest BCUT2D eigenvalue weighted by Crippen LogP contribution is -2.06. The quantitative estimate of drug-likeness (QED) is 0.771. The molecule has 0 amide bonds. The molecular formula is C11H8BrF2NO3S. The van der Waals surface area contributed by atoms with E-state index in [9.17, 15) is 13.6 Å². The van der Waals surface area contributed by atoms with E-state index in [4.69, 9.17) is 4.42 Å². The van der Waals surface area contributed by atoms with Gasteiger partial charge in [0.05, 0.1) is 15.3 Å². The fourth-order valence-corrected chi connectivity index (χ4v) is 2.67. The first kappa shape index (κ1) is 14.1. The number of esters is 1. The maximum atomic E-state index is 12.8. The van der Waals surface area contributed by atoms with Gasteiger partial charge in [0.15, 0.2) is 5.69 Å². The summed E-state index contributed by atoms with van der Waals surface area (Å²) >= 11 is 4.51. The molecule has 4 nitrogen and oxygen atoms in total. The van der Waals surface area contributed by atoms with Gasteiger partial charge in [0.1, 0.15) is 0 Å². The Bertz CT molecular complexity index is 597. The summed E-state index contributed by atoms with van der Waals surface area (Å²) < 4.78 is 36.2. The molecule has 2 rings (SSSR count). The number of hydrogen-bond acceptors (Lipinski definition) is 5. The third-order valence-corrected chi connectivity index (χ3v) is 3.72. The lowest BCUT2D eigenvalue weighted by atomic mass is 10.3. The Labute approximate surface area is 119 Å². The molecule has 0 N–H and O–H groups in total. The number of hydrogen-bond donors (Lipinski definition) is 0. The second kappa shape index (κ2) is 5.79. The maximum absolute atomic E-state index is 12.8. The Hall–Kier alpha value is -1.28. The largest absolute Gasteiger partial charge is 0.460 e. The number of thiophene rings is 1. The van der Waals surface area contributed by atoms with E-state index in [1.165, 1.54) is 11.3 Å². The molecular weight excluding hydrogens is 344 g/mol. The highest BCUT2D eigenvalue weighted by Crippen LogP contribution is 2.34. The fourth-order valence-electron chi connectivity index (χ4n) is 1.36. The van der Waals surface area contributed by atoms with Crippen LogP contribution in [0.3, 0.4) is 0 Å². The molecule has 0 aromatic carbocycles. The number of alkyl halides is 2. The van der Waals surface area contributed by atoms with E-state index in [2.05, 4.69) is 25.7 Å². The molecule has 0 atom stereocenters. The van der Waals surface area contributed by atoms with Crippen LogP contribution in [0.5, 0.6) is 0 Å². The van der Waals surface area contributed by atoms with Crippen LogP contribution in [0.15, 0.2) is 20.3 Å². The van der Waals surface area contributed by atoms with Crippen LogP contribution in [-0.2, 0) is 4.74 Å². The summed E-state index contributed by atoms with van der Waals surface area (Å²) in [6.07, 6.45) is -2.90. The highest BCUT2D eigenvalue weighted by molar-refractivity contribution is 9.11. The van der Waals surface area contributed by atoms with Crippen molar-refractivity contribution in [2.24, 2.45) is 0 Å². The van der Waals surface area contributed by atoms with Gasteiger partial charge in [-0.2, -0.15) is 0 Å². The topological polar surface area (TPSA) is 52.3 Å². The molecule has 19 heavy (non-hydrogen) atoms. The minimum absolute atomic E-state index is 0.0194. The molecule has 0 fully saturated rings. The van der Waals surface area contributed by atoms with Gasteiger partial charge >= 0.3 is 5.97 Å². The van der Waals surface area contributed by atoms with Gasteiger partial charge in [0, 0.05) is 0 Å². The summed E-state index contributed by atoms with van der Waals surface area (Å²) in [5, 5.41) is 0. The molecule has 0 bridgehead atoms. The van der Waals surface area contributed by atoms with Crippen LogP contribution >= 0.6 is 27.3 Å². The molecule has 2 aromatic rings. The molecule has 0 aliphatic rings. The van der Waals surface area contributed by atoms with Crippen LogP contribution in [0.2, 0.25) is 0 Å². The van der Waals surface area contributed by atoms with Gasteiger partial charge in [-0.3, -0.25) is 0 Å². The van der Waals surface area contributed by atoms with Crippen LogP contribution < -0.4 is 0 Å². The minimum atomic E-state index is -2.90. The van der Waals surface area contributed by atoms with Gasteiger partial charge in [-0.25, -0.2) is 18.6 Å². The van der Waals surface area contributed by atoms with E-state index in [0.29, 0.717) is 4.88 Å². The number of oxazole rings is 1. The van der Waals surface area contributed by atoms with Gasteiger partial charge < -0.3 is 9.15 Å². The molecule has 0 radical (unpaired) electrons. The number of carbonyl (C=O) groups is 1. The molecule has 102 valence electrons. The minimum Gasteiger partial charge on any atom is -0.460 e. The van der Waals surface area contributed by atoms with Crippen LogP contribution in [0, 0.1) is 0 Å². The first-order chi connectivity index (χ1) is 9.02. The fraction of sp³-hybridized carbons (Fsp3) is 0.273. The number of carbonyl (C=O) groups excluding carboxylic acids is 1. The molecule has 0 saturated heterocycles. The zero-order valence-corrected chi connectivity index (χ0v) is 12.1. The summed E-state index contributed by atoms with van der Waals surface area (Å²) in [4.78, 5) is 15.7. The molecule has 2 heterocycles. The molecule has 0 aliphatic heterocycles. The van der Waals surface area contributed by atoms with Gasteiger partial charge in [-0.1, -0.05) is 0 Å². The van der Waals surface area contributed by atoms with Crippen LogP contribution in [0.4, 0.5) is 8.78 Å². The number of rotatable bonds is 4. The molecule has 2 aromatic heterocycles. The van der Waals surface area contributed by atoms with Crippen molar-refractivity contribution in [3.05, 3.63) is 27.4 Å². The Balaban J connectivity index is 2.43. The van der Waals surface area contributed by atoms with Crippen molar-refractivity contribution in [2.45, 2.75) is 13.3 Å². The van der Waals surface area contributed by atoms with Crippen molar-refractivity contribution in [3.63, 3.8) is 0 Å². The Kier molecular flexibility index (Phi) is 4.31. The molecule has 8 heteroatoms. The predicted molar refractivity (Wildman–Crippen MR) is 68.4 cm³/mol. The lowest BCUT2D eigenvalue weighted by Gasteiger charge is -1.99. The molecule has 0 spiro atoms. The average Bonchev–Trinajstić information content (AvgIpc) is 2.94. The van der Waals surface area contributed by atoms with E-state index in [0.717, 1.165) is 3.79 Å². The highest BCUT2D eigenvalue weighted by atomic mass is 79.9. The Morgan fingerprint density at radius 2 is 2.32 bits per heavy atom. The van der Waals surface area contributed by atoms with E-state index >= 15 is 0 Å². The van der Waals surface area contributed by atoms with Crippen molar-refractivity contribution in [1.29, 1.82) is 0 Å². The van der Waals surface area contributed by atoms with Crippen molar-refractivity contribution in [2.75, 3.05) is 6.61 Å². The number of ether oxygens (including phenoxy) is 1. The summed E-state index contributed by atoms with van der Waals surface area (Å²) in [6, 6.07) is 3.39. The van der Waals surface area contributed by atoms with E-state index in [1.807, 2.05) is 0 Å². The van der Waals surface area contributed by atoms with Gasteiger partial charge in [-0.05, 0) is 35.0 Å². The number of nitrogens with zero attached hydrogens (tertiary/aromatic N) is 1. The first-order valence-electron chi connectivity index (χ1n) is 5.24. The number of aromatic nitrogens is 1. The third kappa shape index (κ3) is 3.01. The molecule has 0 aliphatic carbocycles. The van der Waals surface area contributed by atoms with Gasteiger partial charge in [0.2, 0.25) is 11.7 Å². The van der Waals surface area contributed by atoms with Crippen LogP contribution in [0.25, 0.3) is 10.8 Å². The molecule has 0 saturated carbocycles. The molecule has 0 unspecified atom stereocenters. The first-order valence-corrected chi connectivity index (χ1v) is 6.85. The van der Waals surface area contributed by atoms with E-state index < -0.39 is 23.8 Å². The summed E-state index contributed by atoms with van der Waals surface area (Å²) in [5.74, 6) is -1.50. The second-order valence-corrected chi connectivity index (χ2v) is 5.82. The van der Waals surface area contributed by atoms with Gasteiger partial charge in [0.25, 0.3) is 6.43 Å². The lowest BCUT2D eigenvalue weighted by molar-refractivity contribution is 0.0476. The predicted octanol–water partition coefficient (Wildman–Crippen LogP) is 4.28. The Morgan fingerprint density at radius 1 is 1.58 bits per heavy atom. The van der Waals surface area contributed by atoms with Crippen molar-refractivity contribution in [3.8, 4) is 10.8 Å². The van der Waals surface area contributed by atoms with Crippen molar-refractivity contribution < 1.29 is 22.7 Å². The SMILES string of the molecule is CCOC(=O)c1oc(-c2ccc(Br)s2)nc1C(F)F. The zero-order chi connectivity index (χ0) is 14.0. The van der Waals surface area contributed by atoms with E-state index in [1.54, 1.807) is 19.1 Å². The normalized spacial score (nSPS) is 11.0. The van der Waals surface area contributed by atoms with Crippen molar-refractivity contribution >= 4 is 33.2 Å². The monoisotopic (exact) mass is 351 g/mol. The summed E-state index contributed by atoms with van der Waals surface area (Å²) in [5.41, 5.74) is -0.696. The summed E-state index contributed by atoms with van der Waals surface area (Å²) in [6.45, 7) is 1.65. The average molecular weight is 352 g/mol. The second-order valence-electron chi connectivity index (χ2n) is 3.36. The zero-order valence-electron chi connectivity index (χ0n) is 9.65.